The highest BCUT2D eigenvalue weighted by molar-refractivity contribution is 6.40. The highest BCUT2D eigenvalue weighted by atomic mass is 35.5. The molecule has 0 spiro atoms. The SMILES string of the molecule is C[C@H]1CN(c2cc(Cl)c(C(=O)N3COc4c(cccc4-c4cc(N5C6CCC5COC6)c(C(=O)O)cc4F)C3)c(Cl)c2)[C@@H](C)CN1C. The molecule has 3 aromatic rings. The van der Waals surface area contributed by atoms with E-state index in [2.05, 4.69) is 35.6 Å². The summed E-state index contributed by atoms with van der Waals surface area (Å²) in [4.78, 5) is 34.2. The number of carboxylic acid groups (broad SMARTS) is 1. The molecule has 0 radical (unpaired) electrons. The number of aromatic carboxylic acids is 1. The van der Waals surface area contributed by atoms with Gasteiger partial charge in [0.05, 0.1) is 58.7 Å². The molecule has 0 aliphatic carbocycles. The number of benzene rings is 3. The minimum atomic E-state index is -1.19. The maximum Gasteiger partial charge on any atom is 0.337 e. The van der Waals surface area contributed by atoms with Gasteiger partial charge in [0.15, 0.2) is 6.73 Å². The van der Waals surface area contributed by atoms with Gasteiger partial charge in [0.1, 0.15) is 11.6 Å². The summed E-state index contributed by atoms with van der Waals surface area (Å²) >= 11 is 13.5. The van der Waals surface area contributed by atoms with Crippen molar-refractivity contribution >= 4 is 46.5 Å². The van der Waals surface area contributed by atoms with E-state index in [0.29, 0.717) is 41.8 Å². The van der Waals surface area contributed by atoms with Gasteiger partial charge < -0.3 is 29.3 Å². The Kier molecular flexibility index (Phi) is 8.49. The Balaban J connectivity index is 1.17. The third kappa shape index (κ3) is 5.69. The van der Waals surface area contributed by atoms with E-state index in [-0.39, 0.29) is 64.0 Å². The van der Waals surface area contributed by atoms with Crippen molar-refractivity contribution in [3.8, 4) is 16.9 Å². The molecule has 12 heteroatoms. The lowest BCUT2D eigenvalue weighted by Crippen LogP contribution is -2.55. The Labute approximate surface area is 283 Å². The van der Waals surface area contributed by atoms with Crippen LogP contribution < -0.4 is 14.5 Å². The van der Waals surface area contributed by atoms with Crippen LogP contribution in [0.25, 0.3) is 11.1 Å². The number of ether oxygens (including phenoxy) is 2. The zero-order chi connectivity index (χ0) is 33.1. The van der Waals surface area contributed by atoms with Gasteiger partial charge in [-0.2, -0.15) is 0 Å². The summed E-state index contributed by atoms with van der Waals surface area (Å²) in [7, 11) is 2.11. The molecule has 0 saturated carbocycles. The maximum atomic E-state index is 15.7. The average Bonchev–Trinajstić information content (AvgIpc) is 3.28. The number of morpholine rings is 1. The van der Waals surface area contributed by atoms with Gasteiger partial charge in [-0.05, 0) is 58.0 Å². The van der Waals surface area contributed by atoms with E-state index < -0.39 is 11.8 Å². The summed E-state index contributed by atoms with van der Waals surface area (Å²) in [6, 6.07) is 12.3. The molecule has 248 valence electrons. The second-order valence-corrected chi connectivity index (χ2v) is 13.9. The molecule has 1 amide bonds. The molecular formula is C35H37Cl2FN4O5. The van der Waals surface area contributed by atoms with Gasteiger partial charge in [0, 0.05) is 47.6 Å². The van der Waals surface area contributed by atoms with Crippen molar-refractivity contribution in [1.29, 1.82) is 0 Å². The highest BCUT2D eigenvalue weighted by Crippen LogP contribution is 2.43. The van der Waals surface area contributed by atoms with Gasteiger partial charge in [-0.15, -0.1) is 0 Å². The van der Waals surface area contributed by atoms with Crippen LogP contribution in [-0.4, -0.2) is 91.0 Å². The lowest BCUT2D eigenvalue weighted by atomic mass is 9.96. The zero-order valence-electron chi connectivity index (χ0n) is 26.5. The van der Waals surface area contributed by atoms with Crippen molar-refractivity contribution in [2.24, 2.45) is 0 Å². The molecular weight excluding hydrogens is 646 g/mol. The molecule has 4 heterocycles. The fourth-order valence-corrected chi connectivity index (χ4v) is 8.18. The van der Waals surface area contributed by atoms with Gasteiger partial charge in [0.2, 0.25) is 0 Å². The quantitative estimate of drug-likeness (QED) is 0.332. The van der Waals surface area contributed by atoms with Crippen LogP contribution in [0.3, 0.4) is 0 Å². The normalized spacial score (nSPS) is 24.3. The Hall–Kier alpha value is -3.57. The van der Waals surface area contributed by atoms with E-state index in [4.69, 9.17) is 32.7 Å². The summed E-state index contributed by atoms with van der Waals surface area (Å²) in [6.45, 7) is 7.13. The number of nitrogens with zero attached hydrogens (tertiary/aromatic N) is 4. The van der Waals surface area contributed by atoms with E-state index in [1.165, 1.54) is 4.90 Å². The summed E-state index contributed by atoms with van der Waals surface area (Å²) < 4.78 is 27.6. The van der Waals surface area contributed by atoms with Crippen molar-refractivity contribution < 1.29 is 28.6 Å². The first kappa shape index (κ1) is 32.0. The highest BCUT2D eigenvalue weighted by Gasteiger charge is 2.40. The third-order valence-corrected chi connectivity index (χ3v) is 10.7. The monoisotopic (exact) mass is 682 g/mol. The van der Waals surface area contributed by atoms with Gasteiger partial charge >= 0.3 is 5.97 Å². The number of piperazine rings is 1. The van der Waals surface area contributed by atoms with Crippen LogP contribution >= 0.6 is 23.2 Å². The smallest absolute Gasteiger partial charge is 0.337 e. The van der Waals surface area contributed by atoms with Gasteiger partial charge in [-0.25, -0.2) is 9.18 Å². The Bertz CT molecular complexity index is 1720. The summed E-state index contributed by atoms with van der Waals surface area (Å²) in [5.41, 5.74) is 2.88. The number of carboxylic acids is 1. The Morgan fingerprint density at radius 1 is 0.957 bits per heavy atom. The van der Waals surface area contributed by atoms with Crippen LogP contribution in [0.5, 0.6) is 5.75 Å². The third-order valence-electron chi connectivity index (χ3n) is 10.1. The number of carbonyl (C=O) groups is 2. The van der Waals surface area contributed by atoms with Crippen molar-refractivity contribution in [2.75, 3.05) is 49.9 Å². The number of rotatable bonds is 5. The molecule has 2 bridgehead atoms. The first-order valence-electron chi connectivity index (χ1n) is 15.9. The van der Waals surface area contributed by atoms with Crippen LogP contribution in [0, 0.1) is 5.82 Å². The molecule has 0 aromatic heterocycles. The number of anilines is 2. The van der Waals surface area contributed by atoms with Gasteiger partial charge in [0.25, 0.3) is 5.91 Å². The first-order valence-corrected chi connectivity index (χ1v) is 16.7. The predicted molar refractivity (Wildman–Crippen MR) is 180 cm³/mol. The number of amides is 1. The zero-order valence-corrected chi connectivity index (χ0v) is 28.0. The number of hydrogen-bond acceptors (Lipinski definition) is 7. The van der Waals surface area contributed by atoms with Crippen LogP contribution in [0.2, 0.25) is 10.0 Å². The largest absolute Gasteiger partial charge is 0.478 e. The van der Waals surface area contributed by atoms with Crippen LogP contribution in [-0.2, 0) is 11.3 Å². The summed E-state index contributed by atoms with van der Waals surface area (Å²) in [6.07, 6.45) is 1.77. The molecule has 3 aromatic carbocycles. The topological polar surface area (TPSA) is 85.8 Å². The van der Waals surface area contributed by atoms with Crippen LogP contribution in [0.4, 0.5) is 15.8 Å². The second kappa shape index (κ2) is 12.5. The predicted octanol–water partition coefficient (Wildman–Crippen LogP) is 6.39. The number of carbonyl (C=O) groups excluding carboxylic acids is 1. The molecule has 4 atom stereocenters. The van der Waals surface area contributed by atoms with E-state index in [1.54, 1.807) is 30.3 Å². The van der Waals surface area contributed by atoms with Crippen molar-refractivity contribution in [3.63, 3.8) is 0 Å². The molecule has 4 aliphatic heterocycles. The van der Waals surface area contributed by atoms with Crippen LogP contribution in [0.15, 0.2) is 42.5 Å². The lowest BCUT2D eigenvalue weighted by molar-refractivity contribution is 0.0516. The fourth-order valence-electron chi connectivity index (χ4n) is 7.54. The van der Waals surface area contributed by atoms with Crippen molar-refractivity contribution in [3.05, 3.63) is 75.0 Å². The molecule has 2 unspecified atom stereocenters. The summed E-state index contributed by atoms with van der Waals surface area (Å²) in [5, 5.41) is 10.5. The molecule has 4 aliphatic rings. The molecule has 1 N–H and O–H groups in total. The standard InChI is InChI=1S/C35H37Cl2FN4O5/c1-19-14-41(20(2)13-39(19)3)24-9-28(36)32(29(37)10-24)34(43)40-15-21-5-4-6-25(33(21)47-18-40)26-12-31(27(35(44)45)11-30(26)38)42-22-7-8-23(42)17-46-16-22/h4-6,9-12,19-20,22-23H,7-8,13-18H2,1-3H3,(H,44,45)/t19-,20-,22?,23?/m0/s1. The molecule has 47 heavy (non-hydrogen) atoms. The second-order valence-electron chi connectivity index (χ2n) is 13.1. The van der Waals surface area contributed by atoms with E-state index in [0.717, 1.165) is 37.7 Å². The Morgan fingerprint density at radius 2 is 1.66 bits per heavy atom. The fraction of sp³-hybridized carbons (Fsp3) is 0.429. The van der Waals surface area contributed by atoms with Crippen molar-refractivity contribution in [2.45, 2.75) is 57.4 Å². The minimum absolute atomic E-state index is 0.0342. The number of hydrogen-bond donors (Lipinski definition) is 1. The number of fused-ring (bicyclic) bond motifs is 3. The lowest BCUT2D eigenvalue weighted by Gasteiger charge is -2.44. The molecule has 9 nitrogen and oxygen atoms in total. The van der Waals surface area contributed by atoms with Gasteiger partial charge in [-0.1, -0.05) is 41.4 Å². The van der Waals surface area contributed by atoms with Gasteiger partial charge in [-0.3, -0.25) is 9.69 Å². The maximum absolute atomic E-state index is 15.7. The minimum Gasteiger partial charge on any atom is -0.478 e. The molecule has 3 saturated heterocycles. The average molecular weight is 684 g/mol. The number of likely N-dealkylation sites (N-methyl/N-ethyl adjacent to an activating group) is 1. The van der Waals surface area contributed by atoms with E-state index in [1.807, 2.05) is 6.07 Å². The molecule has 3 fully saturated rings. The van der Waals surface area contributed by atoms with Crippen LogP contribution in [0.1, 0.15) is 53.0 Å². The number of halogens is 3. The summed E-state index contributed by atoms with van der Waals surface area (Å²) in [5.74, 6) is -1.77. The van der Waals surface area contributed by atoms with E-state index >= 15 is 4.39 Å². The molecule has 7 rings (SSSR count). The number of para-hydroxylation sites is 1. The van der Waals surface area contributed by atoms with Crippen molar-refractivity contribution in [1.82, 2.24) is 9.80 Å². The van der Waals surface area contributed by atoms with E-state index in [9.17, 15) is 14.7 Å². The first-order chi connectivity index (χ1) is 22.5. The Morgan fingerprint density at radius 3 is 2.34 bits per heavy atom.